The van der Waals surface area contributed by atoms with E-state index in [1.807, 2.05) is 6.07 Å². The molecule has 3 nitrogen and oxygen atoms in total. The Bertz CT molecular complexity index is 946. The van der Waals surface area contributed by atoms with E-state index in [4.69, 9.17) is 23.2 Å². The molecule has 0 bridgehead atoms. The molecule has 1 N–H and O–H groups in total. The van der Waals surface area contributed by atoms with Gasteiger partial charge in [-0.1, -0.05) is 62.0 Å². The number of benzene rings is 2. The SMILES string of the molecule is CCCCC(CC)Nc1ncnc2c(F)ccc(-c3ccc(Cl)c(Cl)c3)c12. The molecular formula is C21H22Cl2FN3. The summed E-state index contributed by atoms with van der Waals surface area (Å²) in [7, 11) is 0. The fraction of sp³-hybridized carbons (Fsp3) is 0.333. The highest BCUT2D eigenvalue weighted by molar-refractivity contribution is 6.42. The second-order valence-electron chi connectivity index (χ2n) is 6.56. The molecule has 0 fully saturated rings. The molecule has 1 aromatic heterocycles. The smallest absolute Gasteiger partial charge is 0.149 e. The van der Waals surface area contributed by atoms with Crippen LogP contribution < -0.4 is 5.32 Å². The summed E-state index contributed by atoms with van der Waals surface area (Å²) >= 11 is 12.2. The minimum atomic E-state index is -0.374. The number of anilines is 1. The zero-order valence-electron chi connectivity index (χ0n) is 15.4. The monoisotopic (exact) mass is 405 g/mol. The van der Waals surface area contributed by atoms with Gasteiger partial charge in [-0.3, -0.25) is 0 Å². The number of nitrogens with zero attached hydrogens (tertiary/aromatic N) is 2. The average Bonchev–Trinajstić information content (AvgIpc) is 2.68. The summed E-state index contributed by atoms with van der Waals surface area (Å²) in [5, 5.41) is 5.08. The highest BCUT2D eigenvalue weighted by Gasteiger charge is 2.17. The van der Waals surface area contributed by atoms with Gasteiger partial charge in [0.2, 0.25) is 0 Å². The van der Waals surface area contributed by atoms with E-state index in [0.717, 1.165) is 36.8 Å². The molecule has 2 aromatic carbocycles. The van der Waals surface area contributed by atoms with E-state index in [1.165, 1.54) is 12.4 Å². The van der Waals surface area contributed by atoms with Gasteiger partial charge >= 0.3 is 0 Å². The van der Waals surface area contributed by atoms with Crippen molar-refractivity contribution in [3.05, 3.63) is 52.5 Å². The molecule has 3 aromatic rings. The van der Waals surface area contributed by atoms with E-state index in [2.05, 4.69) is 29.1 Å². The van der Waals surface area contributed by atoms with Gasteiger partial charge < -0.3 is 5.32 Å². The van der Waals surface area contributed by atoms with E-state index in [-0.39, 0.29) is 11.9 Å². The third kappa shape index (κ3) is 4.33. The largest absolute Gasteiger partial charge is 0.367 e. The van der Waals surface area contributed by atoms with Crippen LogP contribution in [0.1, 0.15) is 39.5 Å². The van der Waals surface area contributed by atoms with Gasteiger partial charge in [0.1, 0.15) is 23.5 Å². The zero-order chi connectivity index (χ0) is 19.4. The van der Waals surface area contributed by atoms with E-state index >= 15 is 0 Å². The van der Waals surface area contributed by atoms with Crippen LogP contribution in [0.25, 0.3) is 22.0 Å². The van der Waals surface area contributed by atoms with Crippen LogP contribution in [0.5, 0.6) is 0 Å². The first kappa shape index (κ1) is 19.8. The molecule has 1 heterocycles. The summed E-state index contributed by atoms with van der Waals surface area (Å²) in [6.07, 6.45) is 5.66. The number of aromatic nitrogens is 2. The third-order valence-corrected chi connectivity index (χ3v) is 5.45. The molecular weight excluding hydrogens is 384 g/mol. The lowest BCUT2D eigenvalue weighted by atomic mass is 10.00. The first-order chi connectivity index (χ1) is 13.0. The summed E-state index contributed by atoms with van der Waals surface area (Å²) in [5.41, 5.74) is 1.95. The highest BCUT2D eigenvalue weighted by Crippen LogP contribution is 2.36. The Kier molecular flexibility index (Phi) is 6.51. The van der Waals surface area contributed by atoms with Gasteiger partial charge in [-0.15, -0.1) is 0 Å². The van der Waals surface area contributed by atoms with Crippen LogP contribution in [0.15, 0.2) is 36.7 Å². The van der Waals surface area contributed by atoms with Gasteiger partial charge in [0, 0.05) is 6.04 Å². The number of nitrogens with one attached hydrogen (secondary N) is 1. The molecule has 0 amide bonds. The fourth-order valence-corrected chi connectivity index (χ4v) is 3.47. The molecule has 27 heavy (non-hydrogen) atoms. The molecule has 3 rings (SSSR count). The number of halogens is 3. The minimum Gasteiger partial charge on any atom is -0.367 e. The lowest BCUT2D eigenvalue weighted by molar-refractivity contribution is 0.592. The van der Waals surface area contributed by atoms with Crippen molar-refractivity contribution in [3.63, 3.8) is 0 Å². The Hall–Kier alpha value is -1.91. The number of unbranched alkanes of at least 4 members (excludes halogenated alkanes) is 1. The van der Waals surface area contributed by atoms with Crippen molar-refractivity contribution in [2.45, 2.75) is 45.6 Å². The number of fused-ring (bicyclic) bond motifs is 1. The number of hydrogen-bond donors (Lipinski definition) is 1. The summed E-state index contributed by atoms with van der Waals surface area (Å²) in [6.45, 7) is 4.31. The van der Waals surface area contributed by atoms with Crippen molar-refractivity contribution in [1.82, 2.24) is 9.97 Å². The lowest BCUT2D eigenvalue weighted by Crippen LogP contribution is -2.19. The number of rotatable bonds is 7. The molecule has 0 aliphatic rings. The van der Waals surface area contributed by atoms with E-state index in [9.17, 15) is 4.39 Å². The van der Waals surface area contributed by atoms with Gasteiger partial charge in [-0.05, 0) is 42.2 Å². The molecule has 1 atom stereocenters. The second-order valence-corrected chi connectivity index (χ2v) is 7.38. The van der Waals surface area contributed by atoms with Gasteiger partial charge in [-0.25, -0.2) is 14.4 Å². The van der Waals surface area contributed by atoms with Crippen LogP contribution in [0.2, 0.25) is 10.0 Å². The summed E-state index contributed by atoms with van der Waals surface area (Å²) < 4.78 is 14.5. The van der Waals surface area contributed by atoms with Crippen molar-refractivity contribution in [3.8, 4) is 11.1 Å². The molecule has 6 heteroatoms. The van der Waals surface area contributed by atoms with E-state index in [1.54, 1.807) is 18.2 Å². The van der Waals surface area contributed by atoms with Crippen molar-refractivity contribution in [1.29, 1.82) is 0 Å². The quantitative estimate of drug-likeness (QED) is 0.454. The van der Waals surface area contributed by atoms with Crippen molar-refractivity contribution in [2.24, 2.45) is 0 Å². The number of hydrogen-bond acceptors (Lipinski definition) is 3. The van der Waals surface area contributed by atoms with Gasteiger partial charge in [0.25, 0.3) is 0 Å². The maximum atomic E-state index is 14.5. The van der Waals surface area contributed by atoms with Crippen molar-refractivity contribution >= 4 is 39.9 Å². The molecule has 1 unspecified atom stereocenters. The predicted molar refractivity (Wildman–Crippen MR) is 112 cm³/mol. The predicted octanol–water partition coefficient (Wildman–Crippen LogP) is 7.12. The van der Waals surface area contributed by atoms with Crippen LogP contribution in [-0.4, -0.2) is 16.0 Å². The fourth-order valence-electron chi connectivity index (χ4n) is 3.18. The van der Waals surface area contributed by atoms with Crippen LogP contribution >= 0.6 is 23.2 Å². The normalized spacial score (nSPS) is 12.3. The van der Waals surface area contributed by atoms with Crippen LogP contribution in [0.4, 0.5) is 10.2 Å². The van der Waals surface area contributed by atoms with Crippen LogP contribution in [0.3, 0.4) is 0 Å². The Morgan fingerprint density at radius 3 is 2.59 bits per heavy atom. The standard InChI is InChI=1S/C21H22Cl2FN3/c1-3-5-6-14(4-2)27-21-19-15(13-7-9-16(22)17(23)11-13)8-10-18(24)20(19)25-12-26-21/h7-12,14H,3-6H2,1-2H3,(H,25,26,27). The third-order valence-electron chi connectivity index (χ3n) is 4.71. The second kappa shape index (κ2) is 8.85. The lowest BCUT2D eigenvalue weighted by Gasteiger charge is -2.19. The molecule has 0 saturated carbocycles. The van der Waals surface area contributed by atoms with Crippen LogP contribution in [-0.2, 0) is 0 Å². The summed E-state index contributed by atoms with van der Waals surface area (Å²) in [4.78, 5) is 8.60. The molecule has 0 saturated heterocycles. The van der Waals surface area contributed by atoms with Gasteiger partial charge in [0.15, 0.2) is 0 Å². The Morgan fingerprint density at radius 2 is 1.89 bits per heavy atom. The topological polar surface area (TPSA) is 37.8 Å². The maximum Gasteiger partial charge on any atom is 0.149 e. The summed E-state index contributed by atoms with van der Waals surface area (Å²) in [5.74, 6) is 0.268. The Morgan fingerprint density at radius 1 is 1.07 bits per heavy atom. The molecule has 0 radical (unpaired) electrons. The van der Waals surface area contributed by atoms with E-state index < -0.39 is 0 Å². The highest BCUT2D eigenvalue weighted by atomic mass is 35.5. The average molecular weight is 406 g/mol. The van der Waals surface area contributed by atoms with Crippen LogP contribution in [0, 0.1) is 5.82 Å². The first-order valence-corrected chi connectivity index (χ1v) is 9.95. The molecule has 0 aliphatic carbocycles. The molecule has 0 aliphatic heterocycles. The Balaban J connectivity index is 2.14. The zero-order valence-corrected chi connectivity index (χ0v) is 16.9. The van der Waals surface area contributed by atoms with E-state index in [0.29, 0.717) is 26.8 Å². The minimum absolute atomic E-state index is 0.271. The molecule has 142 valence electrons. The van der Waals surface area contributed by atoms with Gasteiger partial charge in [-0.2, -0.15) is 0 Å². The first-order valence-electron chi connectivity index (χ1n) is 9.20. The summed E-state index contributed by atoms with van der Waals surface area (Å²) in [6, 6.07) is 8.81. The molecule has 0 spiro atoms. The maximum absolute atomic E-state index is 14.5. The van der Waals surface area contributed by atoms with Crippen molar-refractivity contribution < 1.29 is 4.39 Å². The van der Waals surface area contributed by atoms with Gasteiger partial charge in [0.05, 0.1) is 15.4 Å². The Labute approximate surface area is 168 Å². The van der Waals surface area contributed by atoms with Crippen molar-refractivity contribution in [2.75, 3.05) is 5.32 Å².